The van der Waals surface area contributed by atoms with Crippen LogP contribution in [0.2, 0.25) is 0 Å². The summed E-state index contributed by atoms with van der Waals surface area (Å²) in [5.74, 6) is -0.181. The van der Waals surface area contributed by atoms with E-state index in [-0.39, 0.29) is 5.91 Å². The topological polar surface area (TPSA) is 69.6 Å². The molecule has 0 aliphatic rings. The van der Waals surface area contributed by atoms with Gasteiger partial charge in [-0.3, -0.25) is 4.79 Å². The van der Waals surface area contributed by atoms with Gasteiger partial charge >= 0.3 is 0 Å². The molecule has 1 unspecified atom stereocenters. The lowest BCUT2D eigenvalue weighted by molar-refractivity contribution is -0.125. The average molecular weight is 259 g/mol. The summed E-state index contributed by atoms with van der Waals surface area (Å²) in [5, 5.41) is 19.9. The van der Waals surface area contributed by atoms with Crippen molar-refractivity contribution in [3.8, 4) is 0 Å². The Morgan fingerprint density at radius 1 is 1.00 bits per heavy atom. The number of aliphatic hydroxyl groups excluding tert-OH is 2. The molecule has 0 spiro atoms. The van der Waals surface area contributed by atoms with Crippen LogP contribution in [0.1, 0.15) is 71.1 Å². The van der Waals surface area contributed by atoms with Crippen molar-refractivity contribution in [3.05, 3.63) is 0 Å². The fraction of sp³-hybridized carbons (Fsp3) is 0.929. The molecule has 0 bridgehead atoms. The molecule has 4 heteroatoms. The van der Waals surface area contributed by atoms with Crippen LogP contribution in [0.3, 0.4) is 0 Å². The lowest BCUT2D eigenvalue weighted by atomic mass is 10.1. The van der Waals surface area contributed by atoms with Crippen molar-refractivity contribution in [2.75, 3.05) is 6.61 Å². The number of hydrogen-bond donors (Lipinski definition) is 3. The molecule has 1 atom stereocenters. The Bertz CT molecular complexity index is 197. The summed E-state index contributed by atoms with van der Waals surface area (Å²) in [4.78, 5) is 11.2. The molecule has 0 aromatic heterocycles. The predicted molar refractivity (Wildman–Crippen MR) is 73.1 cm³/mol. The average Bonchev–Trinajstić information content (AvgIpc) is 2.36. The zero-order chi connectivity index (χ0) is 13.6. The first kappa shape index (κ1) is 17.4. The Kier molecular flexibility index (Phi) is 12.4. The van der Waals surface area contributed by atoms with Crippen LogP contribution in [-0.2, 0) is 4.79 Å². The third-order valence-electron chi connectivity index (χ3n) is 3.01. The molecule has 3 N–H and O–H groups in total. The zero-order valence-electron chi connectivity index (χ0n) is 11.7. The second-order valence-corrected chi connectivity index (χ2v) is 4.84. The minimum Gasteiger partial charge on any atom is -0.392 e. The van der Waals surface area contributed by atoms with Gasteiger partial charge in [0.15, 0.2) is 0 Å². The molecule has 0 fully saturated rings. The first-order valence-corrected chi connectivity index (χ1v) is 7.29. The van der Waals surface area contributed by atoms with E-state index in [1.807, 2.05) is 0 Å². The van der Waals surface area contributed by atoms with E-state index in [0.29, 0.717) is 6.42 Å². The number of carbonyl (C=O) groups is 1. The highest BCUT2D eigenvalue weighted by molar-refractivity contribution is 5.75. The van der Waals surface area contributed by atoms with Gasteiger partial charge in [-0.2, -0.15) is 0 Å². The number of amides is 1. The molecule has 0 saturated carbocycles. The molecule has 0 heterocycles. The molecule has 0 saturated heterocycles. The summed E-state index contributed by atoms with van der Waals surface area (Å²) in [5.41, 5.74) is 0. The van der Waals surface area contributed by atoms with Crippen LogP contribution in [-0.4, -0.2) is 29.0 Å². The third kappa shape index (κ3) is 11.9. The van der Waals surface area contributed by atoms with Crippen molar-refractivity contribution in [1.29, 1.82) is 0 Å². The minimum absolute atomic E-state index is 0.181. The van der Waals surface area contributed by atoms with Crippen LogP contribution >= 0.6 is 0 Å². The molecule has 0 aliphatic heterocycles. The van der Waals surface area contributed by atoms with E-state index >= 15 is 0 Å². The van der Waals surface area contributed by atoms with Crippen molar-refractivity contribution in [3.63, 3.8) is 0 Å². The summed E-state index contributed by atoms with van der Waals surface area (Å²) in [6.07, 6.45) is 10.3. The molecular formula is C14H29NO3. The van der Waals surface area contributed by atoms with Crippen molar-refractivity contribution in [2.45, 2.75) is 77.4 Å². The van der Waals surface area contributed by atoms with Crippen molar-refractivity contribution in [2.24, 2.45) is 0 Å². The molecule has 0 rings (SSSR count). The molecule has 108 valence electrons. The lowest BCUT2D eigenvalue weighted by Gasteiger charge is -2.09. The van der Waals surface area contributed by atoms with Gasteiger partial charge in [0.1, 0.15) is 6.23 Å². The fourth-order valence-corrected chi connectivity index (χ4v) is 1.90. The van der Waals surface area contributed by atoms with E-state index in [4.69, 9.17) is 10.2 Å². The maximum atomic E-state index is 11.2. The first-order chi connectivity index (χ1) is 8.70. The van der Waals surface area contributed by atoms with Crippen molar-refractivity contribution >= 4 is 5.91 Å². The van der Waals surface area contributed by atoms with Crippen LogP contribution in [0.5, 0.6) is 0 Å². The van der Waals surface area contributed by atoms with Gasteiger partial charge in [0.05, 0.1) is 6.61 Å². The Morgan fingerprint density at radius 3 is 2.00 bits per heavy atom. The van der Waals surface area contributed by atoms with Gasteiger partial charge in [-0.05, 0) is 6.42 Å². The Hall–Kier alpha value is -0.610. The third-order valence-corrected chi connectivity index (χ3v) is 3.01. The monoisotopic (exact) mass is 259 g/mol. The zero-order valence-corrected chi connectivity index (χ0v) is 11.7. The molecule has 1 amide bonds. The van der Waals surface area contributed by atoms with Crippen molar-refractivity contribution in [1.82, 2.24) is 5.32 Å². The Morgan fingerprint density at radius 2 is 1.50 bits per heavy atom. The number of unbranched alkanes of at least 4 members (excludes halogenated alkanes) is 8. The van der Waals surface area contributed by atoms with Crippen LogP contribution < -0.4 is 5.32 Å². The number of carbonyl (C=O) groups excluding carboxylic acids is 1. The van der Waals surface area contributed by atoms with E-state index in [2.05, 4.69) is 12.2 Å². The molecule has 4 nitrogen and oxygen atoms in total. The molecule has 0 aliphatic carbocycles. The number of rotatable bonds is 12. The highest BCUT2D eigenvalue weighted by Gasteiger charge is 2.06. The van der Waals surface area contributed by atoms with Gasteiger partial charge in [-0.15, -0.1) is 0 Å². The summed E-state index contributed by atoms with van der Waals surface area (Å²) < 4.78 is 0. The van der Waals surface area contributed by atoms with Gasteiger partial charge in [-0.25, -0.2) is 0 Å². The van der Waals surface area contributed by atoms with Gasteiger partial charge in [0.25, 0.3) is 0 Å². The summed E-state index contributed by atoms with van der Waals surface area (Å²) in [7, 11) is 0. The summed E-state index contributed by atoms with van der Waals surface area (Å²) in [6.45, 7) is 1.79. The molecule has 0 radical (unpaired) electrons. The second kappa shape index (κ2) is 12.8. The highest BCUT2D eigenvalue weighted by Crippen LogP contribution is 2.10. The Labute approximate surface area is 111 Å². The SMILES string of the molecule is CCCCCCCCCCCC(=O)NC(O)CO. The summed E-state index contributed by atoms with van der Waals surface area (Å²) in [6, 6.07) is 0. The standard InChI is InChI=1S/C14H29NO3/c1-2-3-4-5-6-7-8-9-10-11-13(17)15-14(18)12-16/h14,16,18H,2-12H2,1H3,(H,15,17). The van der Waals surface area contributed by atoms with E-state index < -0.39 is 12.8 Å². The van der Waals surface area contributed by atoms with E-state index in [1.54, 1.807) is 0 Å². The van der Waals surface area contributed by atoms with Crippen LogP contribution in [0.25, 0.3) is 0 Å². The lowest BCUT2D eigenvalue weighted by Crippen LogP contribution is -2.36. The summed E-state index contributed by atoms with van der Waals surface area (Å²) >= 11 is 0. The van der Waals surface area contributed by atoms with E-state index in [1.165, 1.54) is 44.9 Å². The molecule has 0 aromatic rings. The maximum Gasteiger partial charge on any atom is 0.222 e. The Balaban J connectivity index is 3.17. The molecule has 0 aromatic carbocycles. The second-order valence-electron chi connectivity index (χ2n) is 4.84. The number of hydrogen-bond acceptors (Lipinski definition) is 3. The predicted octanol–water partition coefficient (Wildman–Crippen LogP) is 2.33. The largest absolute Gasteiger partial charge is 0.392 e. The van der Waals surface area contributed by atoms with Crippen LogP contribution in [0, 0.1) is 0 Å². The molecule has 18 heavy (non-hydrogen) atoms. The smallest absolute Gasteiger partial charge is 0.222 e. The maximum absolute atomic E-state index is 11.2. The van der Waals surface area contributed by atoms with E-state index in [0.717, 1.165) is 12.8 Å². The quantitative estimate of drug-likeness (QED) is 0.372. The van der Waals surface area contributed by atoms with E-state index in [9.17, 15) is 4.79 Å². The van der Waals surface area contributed by atoms with Crippen LogP contribution in [0.15, 0.2) is 0 Å². The number of nitrogens with one attached hydrogen (secondary N) is 1. The first-order valence-electron chi connectivity index (χ1n) is 7.29. The van der Waals surface area contributed by atoms with Gasteiger partial charge in [-0.1, -0.05) is 58.3 Å². The highest BCUT2D eigenvalue weighted by atomic mass is 16.3. The number of aliphatic hydroxyl groups is 2. The van der Waals surface area contributed by atoms with Gasteiger partial charge in [0, 0.05) is 6.42 Å². The minimum atomic E-state index is -1.11. The fourth-order valence-electron chi connectivity index (χ4n) is 1.90. The van der Waals surface area contributed by atoms with Gasteiger partial charge in [0.2, 0.25) is 5.91 Å². The molecular weight excluding hydrogens is 230 g/mol. The normalized spacial score (nSPS) is 12.4. The van der Waals surface area contributed by atoms with Crippen molar-refractivity contribution < 1.29 is 15.0 Å². The van der Waals surface area contributed by atoms with Gasteiger partial charge < -0.3 is 15.5 Å². The van der Waals surface area contributed by atoms with Crippen LogP contribution in [0.4, 0.5) is 0 Å².